The number of hydrogen-bond donors (Lipinski definition) is 0. The van der Waals surface area contributed by atoms with E-state index in [1.165, 1.54) is 15.6 Å². The van der Waals surface area contributed by atoms with Gasteiger partial charge in [-0.25, -0.2) is 14.5 Å². The smallest absolute Gasteiger partial charge is 0.415 e. The summed E-state index contributed by atoms with van der Waals surface area (Å²) in [5.41, 5.74) is 2.26. The van der Waals surface area contributed by atoms with Gasteiger partial charge in [0.25, 0.3) is 5.56 Å². The average molecular weight is 573 g/mol. The number of anilines is 1. The molecule has 5 rings (SSSR count). The van der Waals surface area contributed by atoms with E-state index < -0.39 is 11.7 Å². The molecule has 220 valence electrons. The second-order valence-electron chi connectivity index (χ2n) is 11.5. The van der Waals surface area contributed by atoms with Gasteiger partial charge in [-0.3, -0.25) is 19.2 Å². The van der Waals surface area contributed by atoms with Crippen LogP contribution in [0.1, 0.15) is 69.8 Å². The summed E-state index contributed by atoms with van der Waals surface area (Å²) in [5, 5.41) is 10.1. The minimum atomic E-state index is -0.637. The number of rotatable bonds is 7. The molecule has 1 fully saturated rings. The number of pyridine rings is 1. The first kappa shape index (κ1) is 29.0. The Hall–Kier alpha value is -4.54. The number of hydrogen-bond acceptors (Lipinski definition) is 8. The Kier molecular flexibility index (Phi) is 8.11. The summed E-state index contributed by atoms with van der Waals surface area (Å²) in [6.07, 6.45) is 5.30. The Morgan fingerprint density at radius 2 is 1.79 bits per heavy atom. The molecule has 11 nitrogen and oxygen atoms in total. The van der Waals surface area contributed by atoms with Crippen molar-refractivity contribution in [2.75, 3.05) is 11.4 Å². The molecule has 3 heterocycles. The van der Waals surface area contributed by atoms with Crippen molar-refractivity contribution in [2.45, 2.75) is 71.1 Å². The van der Waals surface area contributed by atoms with Crippen LogP contribution in [0.5, 0.6) is 5.88 Å². The molecule has 0 spiro atoms. The minimum Gasteiger partial charge on any atom is -0.473 e. The molecule has 0 bridgehead atoms. The summed E-state index contributed by atoms with van der Waals surface area (Å²) in [5.74, 6) is 0.921. The molecule has 11 heteroatoms. The van der Waals surface area contributed by atoms with Crippen molar-refractivity contribution in [3.8, 4) is 17.1 Å². The quantitative estimate of drug-likeness (QED) is 0.273. The highest BCUT2D eigenvalue weighted by molar-refractivity contribution is 5.96. The molecule has 0 N–H and O–H groups in total. The van der Waals surface area contributed by atoms with Crippen LogP contribution in [0.2, 0.25) is 0 Å². The van der Waals surface area contributed by atoms with E-state index in [1.54, 1.807) is 31.4 Å². The molecule has 1 amide bonds. The largest absolute Gasteiger partial charge is 0.473 e. The van der Waals surface area contributed by atoms with Gasteiger partial charge in [-0.1, -0.05) is 24.3 Å². The first-order valence-corrected chi connectivity index (χ1v) is 14.2. The Morgan fingerprint density at radius 1 is 1.07 bits per heavy atom. The standard InChI is InChI=1S/C31H36N6O5/c1-6-36(30(40)42-31(2,3)4)26-17-25-24(18-32-26)29(21-9-7-20(19-38)8-10-21)34-37(25)22-11-13-23(14-12-22)41-27-15-16-28(39)35(5)33-27/h7-10,15-19,22-23H,6,11-14H2,1-5H3/t22-,23+. The third-order valence-corrected chi connectivity index (χ3v) is 7.32. The number of benzene rings is 1. The highest BCUT2D eigenvalue weighted by Crippen LogP contribution is 2.37. The van der Waals surface area contributed by atoms with Crippen LogP contribution in [0.4, 0.5) is 10.6 Å². The van der Waals surface area contributed by atoms with Gasteiger partial charge in [0, 0.05) is 54.5 Å². The number of carbonyl (C=O) groups is 2. The molecule has 0 unspecified atom stereocenters. The Balaban J connectivity index is 1.47. The van der Waals surface area contributed by atoms with Gasteiger partial charge in [-0.05, 0) is 53.4 Å². The van der Waals surface area contributed by atoms with Crippen molar-refractivity contribution in [3.05, 3.63) is 64.6 Å². The molecular weight excluding hydrogens is 536 g/mol. The fraction of sp³-hybridized carbons (Fsp3) is 0.419. The maximum atomic E-state index is 13.0. The van der Waals surface area contributed by atoms with Gasteiger partial charge in [0.1, 0.15) is 29.5 Å². The SMILES string of the molecule is CCN(C(=O)OC(C)(C)C)c1cc2c(cn1)c(-c1ccc(C=O)cc1)nn2[C@H]1CC[C@@H](Oc2ccc(=O)n(C)n2)CC1. The van der Waals surface area contributed by atoms with Gasteiger partial charge < -0.3 is 9.47 Å². The van der Waals surface area contributed by atoms with Gasteiger partial charge in [0.15, 0.2) is 0 Å². The normalized spacial score (nSPS) is 17.2. The fourth-order valence-electron chi connectivity index (χ4n) is 5.20. The minimum absolute atomic E-state index is 0.0246. The van der Waals surface area contributed by atoms with Crippen LogP contribution in [-0.2, 0) is 11.8 Å². The third kappa shape index (κ3) is 6.19. The lowest BCUT2D eigenvalue weighted by Crippen LogP contribution is -2.37. The van der Waals surface area contributed by atoms with E-state index in [2.05, 4.69) is 10.1 Å². The molecule has 4 aromatic rings. The summed E-state index contributed by atoms with van der Waals surface area (Å²) in [6.45, 7) is 7.78. The molecule has 3 aromatic heterocycles. The zero-order valence-electron chi connectivity index (χ0n) is 24.6. The number of carbonyl (C=O) groups excluding carboxylic acids is 2. The lowest BCUT2D eigenvalue weighted by Gasteiger charge is -2.29. The van der Waals surface area contributed by atoms with Crippen molar-refractivity contribution < 1.29 is 19.1 Å². The van der Waals surface area contributed by atoms with Crippen LogP contribution in [0, 0.1) is 0 Å². The van der Waals surface area contributed by atoms with Crippen LogP contribution in [0.3, 0.4) is 0 Å². The highest BCUT2D eigenvalue weighted by atomic mass is 16.6. The van der Waals surface area contributed by atoms with Gasteiger partial charge in [-0.2, -0.15) is 5.10 Å². The van der Waals surface area contributed by atoms with E-state index in [0.29, 0.717) is 23.8 Å². The van der Waals surface area contributed by atoms with E-state index >= 15 is 0 Å². The summed E-state index contributed by atoms with van der Waals surface area (Å²) in [7, 11) is 1.60. The number of fused-ring (bicyclic) bond motifs is 1. The molecule has 42 heavy (non-hydrogen) atoms. The van der Waals surface area contributed by atoms with Gasteiger partial charge in [-0.15, -0.1) is 5.10 Å². The first-order valence-electron chi connectivity index (χ1n) is 14.2. The van der Waals surface area contributed by atoms with Crippen LogP contribution in [0.15, 0.2) is 53.5 Å². The van der Waals surface area contributed by atoms with Crippen molar-refractivity contribution in [1.82, 2.24) is 24.5 Å². The predicted octanol–water partition coefficient (Wildman–Crippen LogP) is 5.33. The van der Waals surface area contributed by atoms with Gasteiger partial charge in [0.2, 0.25) is 5.88 Å². The lowest BCUT2D eigenvalue weighted by molar-refractivity contribution is 0.0581. The topological polar surface area (TPSA) is 121 Å². The molecule has 0 radical (unpaired) electrons. The first-order chi connectivity index (χ1) is 20.1. The number of nitrogens with zero attached hydrogens (tertiary/aromatic N) is 6. The van der Waals surface area contributed by atoms with E-state index in [0.717, 1.165) is 54.1 Å². The number of amides is 1. The monoisotopic (exact) mass is 572 g/mol. The van der Waals surface area contributed by atoms with Crippen LogP contribution in [-0.4, -0.2) is 55.2 Å². The molecule has 1 saturated carbocycles. The zero-order valence-corrected chi connectivity index (χ0v) is 24.6. The summed E-state index contributed by atoms with van der Waals surface area (Å²) >= 11 is 0. The molecule has 1 aliphatic carbocycles. The molecular formula is C31H36N6O5. The maximum Gasteiger partial charge on any atom is 0.415 e. The third-order valence-electron chi connectivity index (χ3n) is 7.32. The Labute approximate surface area is 244 Å². The highest BCUT2D eigenvalue weighted by Gasteiger charge is 2.29. The van der Waals surface area contributed by atoms with Crippen LogP contribution >= 0.6 is 0 Å². The summed E-state index contributed by atoms with van der Waals surface area (Å²) in [4.78, 5) is 42.1. The van der Waals surface area contributed by atoms with E-state index in [1.807, 2.05) is 50.6 Å². The zero-order chi connectivity index (χ0) is 30.0. The van der Waals surface area contributed by atoms with E-state index in [-0.39, 0.29) is 17.7 Å². The Bertz CT molecular complexity index is 1650. The van der Waals surface area contributed by atoms with Crippen molar-refractivity contribution in [2.24, 2.45) is 7.05 Å². The number of aryl methyl sites for hydroxylation is 1. The number of aldehydes is 1. The molecule has 1 aromatic carbocycles. The molecule has 0 saturated heterocycles. The van der Waals surface area contributed by atoms with Crippen LogP contribution < -0.4 is 15.2 Å². The summed E-state index contributed by atoms with van der Waals surface area (Å²) in [6, 6.07) is 12.4. The van der Waals surface area contributed by atoms with E-state index in [9.17, 15) is 14.4 Å². The van der Waals surface area contributed by atoms with Gasteiger partial charge in [0.05, 0.1) is 11.6 Å². The van der Waals surface area contributed by atoms with E-state index in [4.69, 9.17) is 14.6 Å². The maximum absolute atomic E-state index is 13.0. The number of aromatic nitrogens is 5. The second kappa shape index (κ2) is 11.8. The molecule has 1 aliphatic rings. The van der Waals surface area contributed by atoms with Crippen molar-refractivity contribution >= 4 is 29.1 Å². The van der Waals surface area contributed by atoms with Crippen LogP contribution in [0.25, 0.3) is 22.2 Å². The fourth-order valence-corrected chi connectivity index (χ4v) is 5.20. The lowest BCUT2D eigenvalue weighted by atomic mass is 9.93. The number of ether oxygens (including phenoxy) is 2. The molecule has 0 atom stereocenters. The summed E-state index contributed by atoms with van der Waals surface area (Å²) < 4.78 is 15.0. The van der Waals surface area contributed by atoms with Gasteiger partial charge >= 0.3 is 6.09 Å². The Morgan fingerprint density at radius 3 is 2.40 bits per heavy atom. The van der Waals surface area contributed by atoms with Crippen molar-refractivity contribution in [3.63, 3.8) is 0 Å². The second-order valence-corrected chi connectivity index (χ2v) is 11.5. The predicted molar refractivity (Wildman–Crippen MR) is 159 cm³/mol. The average Bonchev–Trinajstić information content (AvgIpc) is 3.34. The van der Waals surface area contributed by atoms with Crippen molar-refractivity contribution in [1.29, 1.82) is 0 Å². The molecule has 0 aliphatic heterocycles.